The van der Waals surface area contributed by atoms with Gasteiger partial charge >= 0.3 is 5.97 Å². The summed E-state index contributed by atoms with van der Waals surface area (Å²) >= 11 is 0. The summed E-state index contributed by atoms with van der Waals surface area (Å²) in [5.74, 6) is -0.266. The number of esters is 1. The van der Waals surface area contributed by atoms with Crippen molar-refractivity contribution in [1.82, 2.24) is 10.3 Å². The molecule has 0 spiro atoms. The van der Waals surface area contributed by atoms with Crippen LogP contribution in [0.4, 0.5) is 0 Å². The highest BCUT2D eigenvalue weighted by molar-refractivity contribution is 5.89. The number of rotatable bonds is 8. The molecular formula is C22H22N2O4. The number of fused-ring (bicyclic) bond motifs is 1. The first-order valence-corrected chi connectivity index (χ1v) is 8.97. The highest BCUT2D eigenvalue weighted by Crippen LogP contribution is 2.19. The number of nitrogens with one attached hydrogen (secondary N) is 2. The Hall–Kier alpha value is -3.54. The Kier molecular flexibility index (Phi) is 6.46. The maximum Gasteiger partial charge on any atom is 0.331 e. The molecule has 0 aliphatic heterocycles. The second-order valence-corrected chi connectivity index (χ2v) is 6.14. The molecule has 6 nitrogen and oxygen atoms in total. The molecule has 0 unspecified atom stereocenters. The zero-order valence-electron chi connectivity index (χ0n) is 15.6. The van der Waals surface area contributed by atoms with Crippen LogP contribution in [-0.4, -0.2) is 37.1 Å². The molecule has 1 heterocycles. The average Bonchev–Trinajstić information content (AvgIpc) is 3.14. The molecule has 1 aromatic heterocycles. The Morgan fingerprint density at radius 1 is 1.11 bits per heavy atom. The van der Waals surface area contributed by atoms with E-state index in [-0.39, 0.29) is 12.5 Å². The van der Waals surface area contributed by atoms with E-state index in [0.717, 1.165) is 22.0 Å². The Bertz CT molecular complexity index is 991. The van der Waals surface area contributed by atoms with E-state index in [4.69, 9.17) is 9.47 Å². The van der Waals surface area contributed by atoms with Crippen molar-refractivity contribution >= 4 is 28.9 Å². The molecule has 0 bridgehead atoms. The van der Waals surface area contributed by atoms with Crippen molar-refractivity contribution in [3.8, 4) is 5.75 Å². The second-order valence-electron chi connectivity index (χ2n) is 6.14. The largest absolute Gasteiger partial charge is 0.496 e. The highest BCUT2D eigenvalue weighted by atomic mass is 16.5. The van der Waals surface area contributed by atoms with Gasteiger partial charge in [-0.15, -0.1) is 0 Å². The molecule has 2 N–H and O–H groups in total. The van der Waals surface area contributed by atoms with Crippen molar-refractivity contribution in [2.24, 2.45) is 0 Å². The topological polar surface area (TPSA) is 80.4 Å². The third kappa shape index (κ3) is 5.01. The second kappa shape index (κ2) is 9.41. The Morgan fingerprint density at radius 3 is 2.75 bits per heavy atom. The van der Waals surface area contributed by atoms with Gasteiger partial charge in [-0.2, -0.15) is 0 Å². The monoisotopic (exact) mass is 378 g/mol. The van der Waals surface area contributed by atoms with E-state index in [2.05, 4.69) is 10.3 Å². The van der Waals surface area contributed by atoms with E-state index in [0.29, 0.717) is 18.7 Å². The van der Waals surface area contributed by atoms with E-state index in [1.807, 2.05) is 48.7 Å². The van der Waals surface area contributed by atoms with Crippen LogP contribution in [0.25, 0.3) is 17.0 Å². The minimum atomic E-state index is -0.585. The number of methoxy groups -OCH3 is 1. The number of amides is 1. The summed E-state index contributed by atoms with van der Waals surface area (Å²) in [4.78, 5) is 26.9. The maximum absolute atomic E-state index is 11.9. The molecular weight excluding hydrogens is 356 g/mol. The van der Waals surface area contributed by atoms with E-state index < -0.39 is 5.97 Å². The summed E-state index contributed by atoms with van der Waals surface area (Å²) < 4.78 is 10.2. The predicted octanol–water partition coefficient (Wildman–Crippen LogP) is 3.09. The molecule has 0 radical (unpaired) electrons. The van der Waals surface area contributed by atoms with Gasteiger partial charge in [0.05, 0.1) is 7.11 Å². The van der Waals surface area contributed by atoms with Gasteiger partial charge in [-0.25, -0.2) is 4.79 Å². The predicted molar refractivity (Wildman–Crippen MR) is 108 cm³/mol. The highest BCUT2D eigenvalue weighted by Gasteiger charge is 2.07. The van der Waals surface area contributed by atoms with Crippen LogP contribution in [0.2, 0.25) is 0 Å². The quantitative estimate of drug-likeness (QED) is 0.466. The lowest BCUT2D eigenvalue weighted by Gasteiger charge is -2.05. The number of para-hydroxylation sites is 2. The molecule has 0 aliphatic rings. The SMILES string of the molecule is COc1ccccc1/C=C/C(=O)OCC(=O)NCCc1c[nH]c2ccccc12. The molecule has 144 valence electrons. The fourth-order valence-corrected chi connectivity index (χ4v) is 2.87. The van der Waals surface area contributed by atoms with Gasteiger partial charge in [0.25, 0.3) is 5.91 Å². The van der Waals surface area contributed by atoms with Gasteiger partial charge in [0, 0.05) is 35.3 Å². The first-order chi connectivity index (χ1) is 13.7. The number of benzene rings is 2. The van der Waals surface area contributed by atoms with Gasteiger partial charge in [0.15, 0.2) is 6.61 Å². The van der Waals surface area contributed by atoms with Crippen LogP contribution in [0.5, 0.6) is 5.75 Å². The Labute approximate surface area is 163 Å². The number of aromatic amines is 1. The molecule has 0 saturated heterocycles. The van der Waals surface area contributed by atoms with Crippen molar-refractivity contribution < 1.29 is 19.1 Å². The first-order valence-electron chi connectivity index (χ1n) is 8.97. The van der Waals surface area contributed by atoms with Crippen molar-refractivity contribution in [3.63, 3.8) is 0 Å². The van der Waals surface area contributed by atoms with Gasteiger partial charge in [-0.05, 0) is 30.2 Å². The third-order valence-electron chi connectivity index (χ3n) is 4.27. The smallest absolute Gasteiger partial charge is 0.331 e. The number of carbonyl (C=O) groups excluding carboxylic acids is 2. The summed E-state index contributed by atoms with van der Waals surface area (Å²) in [6.07, 6.45) is 5.50. The molecule has 28 heavy (non-hydrogen) atoms. The van der Waals surface area contributed by atoms with Crippen LogP contribution in [0.15, 0.2) is 60.8 Å². The van der Waals surface area contributed by atoms with Gasteiger partial charge < -0.3 is 19.8 Å². The molecule has 0 fully saturated rings. The Morgan fingerprint density at radius 2 is 1.89 bits per heavy atom. The van der Waals surface area contributed by atoms with E-state index in [1.54, 1.807) is 19.3 Å². The van der Waals surface area contributed by atoms with Crippen LogP contribution in [0, 0.1) is 0 Å². The number of H-pyrrole nitrogens is 1. The minimum absolute atomic E-state index is 0.316. The Balaban J connectivity index is 1.41. The summed E-state index contributed by atoms with van der Waals surface area (Å²) in [6, 6.07) is 15.3. The van der Waals surface area contributed by atoms with Gasteiger partial charge in [0.2, 0.25) is 0 Å². The number of hydrogen-bond donors (Lipinski definition) is 2. The number of hydrogen-bond acceptors (Lipinski definition) is 4. The standard InChI is InChI=1S/C22H22N2O4/c1-27-20-9-5-2-6-16(20)10-11-22(26)28-15-21(25)23-13-12-17-14-24-19-8-4-3-7-18(17)19/h2-11,14,24H,12-13,15H2,1H3,(H,23,25)/b11-10+. The lowest BCUT2D eigenvalue weighted by Crippen LogP contribution is -2.30. The van der Waals surface area contributed by atoms with Crippen molar-refractivity contribution in [1.29, 1.82) is 0 Å². The molecule has 3 rings (SSSR count). The zero-order valence-corrected chi connectivity index (χ0v) is 15.6. The van der Waals surface area contributed by atoms with Crippen LogP contribution in [-0.2, 0) is 20.7 Å². The van der Waals surface area contributed by atoms with Crippen molar-refractivity contribution in [3.05, 3.63) is 71.9 Å². The molecule has 1 amide bonds. The zero-order chi connectivity index (χ0) is 19.8. The number of aromatic nitrogens is 1. The number of carbonyl (C=O) groups is 2. The maximum atomic E-state index is 11.9. The van der Waals surface area contributed by atoms with Crippen LogP contribution >= 0.6 is 0 Å². The summed E-state index contributed by atoms with van der Waals surface area (Å²) in [6.45, 7) is 0.151. The normalized spacial score (nSPS) is 10.9. The summed E-state index contributed by atoms with van der Waals surface area (Å²) in [5, 5.41) is 3.90. The van der Waals surface area contributed by atoms with Crippen molar-refractivity contribution in [2.45, 2.75) is 6.42 Å². The van der Waals surface area contributed by atoms with Crippen LogP contribution < -0.4 is 10.1 Å². The van der Waals surface area contributed by atoms with E-state index in [9.17, 15) is 9.59 Å². The van der Waals surface area contributed by atoms with Gasteiger partial charge in [-0.3, -0.25) is 4.79 Å². The lowest BCUT2D eigenvalue weighted by molar-refractivity contribution is -0.143. The molecule has 0 atom stereocenters. The third-order valence-corrected chi connectivity index (χ3v) is 4.27. The fraction of sp³-hybridized carbons (Fsp3) is 0.182. The first kappa shape index (κ1) is 19.2. The van der Waals surface area contributed by atoms with E-state index in [1.165, 1.54) is 6.08 Å². The summed E-state index contributed by atoms with van der Waals surface area (Å²) in [5.41, 5.74) is 2.96. The van der Waals surface area contributed by atoms with Crippen LogP contribution in [0.3, 0.4) is 0 Å². The summed E-state index contributed by atoms with van der Waals surface area (Å²) in [7, 11) is 1.56. The minimum Gasteiger partial charge on any atom is -0.496 e. The fourth-order valence-electron chi connectivity index (χ4n) is 2.87. The molecule has 6 heteroatoms. The molecule has 3 aromatic rings. The van der Waals surface area contributed by atoms with Crippen molar-refractivity contribution in [2.75, 3.05) is 20.3 Å². The van der Waals surface area contributed by atoms with Crippen LogP contribution in [0.1, 0.15) is 11.1 Å². The number of ether oxygens (including phenoxy) is 2. The molecule has 2 aromatic carbocycles. The molecule has 0 aliphatic carbocycles. The average molecular weight is 378 g/mol. The lowest BCUT2D eigenvalue weighted by atomic mass is 10.1. The van der Waals surface area contributed by atoms with E-state index >= 15 is 0 Å². The van der Waals surface area contributed by atoms with Gasteiger partial charge in [-0.1, -0.05) is 36.4 Å². The molecule has 0 saturated carbocycles. The van der Waals surface area contributed by atoms with Gasteiger partial charge in [0.1, 0.15) is 5.75 Å².